The predicted octanol–water partition coefficient (Wildman–Crippen LogP) is -1.80. The first kappa shape index (κ1) is 10.2. The predicted molar refractivity (Wildman–Crippen MR) is 38.9 cm³/mol. The molecule has 62 valence electrons. The lowest BCUT2D eigenvalue weighted by atomic mass is 9.85. The van der Waals surface area contributed by atoms with Gasteiger partial charge < -0.3 is 18.1 Å². The molecule has 0 spiro atoms. The van der Waals surface area contributed by atoms with Crippen LogP contribution in [-0.4, -0.2) is 6.04 Å². The fourth-order valence-corrected chi connectivity index (χ4v) is 1.70. The lowest BCUT2D eigenvalue weighted by molar-refractivity contribution is -0.428. The topological polar surface area (TPSA) is 27.6 Å². The van der Waals surface area contributed by atoms with E-state index in [0.29, 0.717) is 6.04 Å². The zero-order valence-corrected chi connectivity index (χ0v) is 7.53. The van der Waals surface area contributed by atoms with E-state index in [0.717, 1.165) is 5.92 Å². The molecule has 0 aromatic heterocycles. The second kappa shape index (κ2) is 4.97. The largest absolute Gasteiger partial charge is 1.00 e. The van der Waals surface area contributed by atoms with Crippen molar-refractivity contribution in [2.24, 2.45) is 5.92 Å². The van der Waals surface area contributed by atoms with Crippen molar-refractivity contribution in [3.8, 4) is 0 Å². The van der Waals surface area contributed by atoms with Gasteiger partial charge in [-0.2, -0.15) is 0 Å². The summed E-state index contributed by atoms with van der Waals surface area (Å²) in [6, 6.07) is 0.685. The zero-order chi connectivity index (χ0) is 6.69. The summed E-state index contributed by atoms with van der Waals surface area (Å²) in [7, 11) is 0. The SMILES string of the molecule is C[C@H]([NH3+])C1CCCCC1.[Cl-]. The summed E-state index contributed by atoms with van der Waals surface area (Å²) in [4.78, 5) is 0. The molecule has 1 rings (SSSR count). The number of quaternary nitrogens is 1. The number of halogens is 1. The van der Waals surface area contributed by atoms with Crippen molar-refractivity contribution in [3.63, 3.8) is 0 Å². The highest BCUT2D eigenvalue weighted by atomic mass is 35.5. The van der Waals surface area contributed by atoms with Crippen molar-refractivity contribution in [2.75, 3.05) is 0 Å². The van der Waals surface area contributed by atoms with Gasteiger partial charge in [0.25, 0.3) is 0 Å². The fraction of sp³-hybridized carbons (Fsp3) is 1.00. The Kier molecular flexibility index (Phi) is 5.10. The first-order valence-electron chi connectivity index (χ1n) is 4.14. The maximum absolute atomic E-state index is 4.06. The molecule has 3 N–H and O–H groups in total. The van der Waals surface area contributed by atoms with Crippen LogP contribution < -0.4 is 18.1 Å². The van der Waals surface area contributed by atoms with Gasteiger partial charge in [-0.15, -0.1) is 0 Å². The van der Waals surface area contributed by atoms with Crippen LogP contribution in [0.4, 0.5) is 0 Å². The number of rotatable bonds is 1. The van der Waals surface area contributed by atoms with E-state index in [1.807, 2.05) is 0 Å². The fourth-order valence-electron chi connectivity index (χ4n) is 1.70. The van der Waals surface area contributed by atoms with Crippen LogP contribution in [0.5, 0.6) is 0 Å². The molecule has 1 nitrogen and oxygen atoms in total. The third-order valence-electron chi connectivity index (χ3n) is 2.45. The van der Waals surface area contributed by atoms with Crippen molar-refractivity contribution in [2.45, 2.75) is 45.1 Å². The highest BCUT2D eigenvalue weighted by molar-refractivity contribution is 4.68. The molecule has 0 aliphatic heterocycles. The van der Waals surface area contributed by atoms with E-state index in [4.69, 9.17) is 0 Å². The van der Waals surface area contributed by atoms with E-state index in [1.54, 1.807) is 0 Å². The molecule has 0 saturated heterocycles. The van der Waals surface area contributed by atoms with Crippen LogP contribution in [0.25, 0.3) is 0 Å². The Balaban J connectivity index is 0.000000810. The smallest absolute Gasteiger partial charge is 0.0843 e. The van der Waals surface area contributed by atoms with Crippen LogP contribution in [-0.2, 0) is 0 Å². The maximum Gasteiger partial charge on any atom is 0.0843 e. The summed E-state index contributed by atoms with van der Waals surface area (Å²) in [5.41, 5.74) is 4.06. The average molecular weight is 164 g/mol. The first-order chi connectivity index (χ1) is 4.30. The van der Waals surface area contributed by atoms with Crippen molar-refractivity contribution in [1.29, 1.82) is 0 Å². The minimum Gasteiger partial charge on any atom is -1.00 e. The van der Waals surface area contributed by atoms with Gasteiger partial charge in [0.15, 0.2) is 0 Å². The van der Waals surface area contributed by atoms with Crippen molar-refractivity contribution in [1.82, 2.24) is 0 Å². The van der Waals surface area contributed by atoms with E-state index in [-0.39, 0.29) is 12.4 Å². The van der Waals surface area contributed by atoms with Gasteiger partial charge in [-0.05, 0) is 19.8 Å². The molecular formula is C8H18ClN. The van der Waals surface area contributed by atoms with Gasteiger partial charge in [-0.25, -0.2) is 0 Å². The molecule has 0 amide bonds. The van der Waals surface area contributed by atoms with Gasteiger partial charge >= 0.3 is 0 Å². The van der Waals surface area contributed by atoms with Gasteiger partial charge in [0, 0.05) is 5.92 Å². The van der Waals surface area contributed by atoms with Crippen molar-refractivity contribution >= 4 is 0 Å². The molecule has 0 radical (unpaired) electrons. The van der Waals surface area contributed by atoms with E-state index >= 15 is 0 Å². The second-order valence-corrected chi connectivity index (χ2v) is 3.38. The van der Waals surface area contributed by atoms with Gasteiger partial charge in [0.1, 0.15) is 0 Å². The summed E-state index contributed by atoms with van der Waals surface area (Å²) in [6.07, 6.45) is 7.23. The molecule has 2 heteroatoms. The Hall–Kier alpha value is 0.250. The summed E-state index contributed by atoms with van der Waals surface area (Å²) in [5, 5.41) is 0. The molecule has 0 heterocycles. The van der Waals surface area contributed by atoms with E-state index in [1.165, 1.54) is 32.1 Å². The van der Waals surface area contributed by atoms with Crippen LogP contribution in [0.15, 0.2) is 0 Å². The van der Waals surface area contributed by atoms with E-state index in [9.17, 15) is 0 Å². The molecule has 1 fully saturated rings. The third-order valence-corrected chi connectivity index (χ3v) is 2.45. The van der Waals surface area contributed by atoms with E-state index in [2.05, 4.69) is 12.7 Å². The number of hydrogen-bond acceptors (Lipinski definition) is 0. The van der Waals surface area contributed by atoms with Gasteiger partial charge in [0.2, 0.25) is 0 Å². The van der Waals surface area contributed by atoms with Crippen molar-refractivity contribution < 1.29 is 18.1 Å². The Morgan fingerprint density at radius 2 is 1.70 bits per heavy atom. The minimum atomic E-state index is 0. The van der Waals surface area contributed by atoms with Crippen LogP contribution in [0.1, 0.15) is 39.0 Å². The maximum atomic E-state index is 4.06. The highest BCUT2D eigenvalue weighted by Gasteiger charge is 2.18. The first-order valence-corrected chi connectivity index (χ1v) is 4.14. The Bertz CT molecular complexity index is 77.3. The Labute approximate surface area is 69.8 Å². The Morgan fingerprint density at radius 1 is 1.20 bits per heavy atom. The molecule has 1 aliphatic carbocycles. The van der Waals surface area contributed by atoms with Gasteiger partial charge in [0.05, 0.1) is 6.04 Å². The molecule has 0 aromatic carbocycles. The van der Waals surface area contributed by atoms with Crippen LogP contribution in [0.2, 0.25) is 0 Å². The molecule has 0 aromatic rings. The van der Waals surface area contributed by atoms with Gasteiger partial charge in [-0.3, -0.25) is 0 Å². The quantitative estimate of drug-likeness (QED) is 0.473. The summed E-state index contributed by atoms with van der Waals surface area (Å²) < 4.78 is 0. The standard InChI is InChI=1S/C8H17N.ClH/c1-7(9)8-5-3-2-4-6-8;/h7-8H,2-6,9H2,1H3;1H/t7-;/m0./s1. The molecule has 0 bridgehead atoms. The third kappa shape index (κ3) is 2.89. The molecule has 1 atom stereocenters. The van der Waals surface area contributed by atoms with E-state index < -0.39 is 0 Å². The van der Waals surface area contributed by atoms with Crippen molar-refractivity contribution in [3.05, 3.63) is 0 Å². The molecular weight excluding hydrogens is 146 g/mol. The minimum absolute atomic E-state index is 0. The zero-order valence-electron chi connectivity index (χ0n) is 6.78. The highest BCUT2D eigenvalue weighted by Crippen LogP contribution is 2.24. The summed E-state index contributed by atoms with van der Waals surface area (Å²) >= 11 is 0. The van der Waals surface area contributed by atoms with Crippen LogP contribution in [0.3, 0.4) is 0 Å². The molecule has 1 saturated carbocycles. The summed E-state index contributed by atoms with van der Waals surface area (Å²) in [5.74, 6) is 0.943. The van der Waals surface area contributed by atoms with Crippen LogP contribution in [0, 0.1) is 5.92 Å². The lowest BCUT2D eigenvalue weighted by Crippen LogP contribution is -3.00. The molecule has 0 unspecified atom stereocenters. The normalized spacial score (nSPS) is 23.4. The monoisotopic (exact) mass is 163 g/mol. The average Bonchev–Trinajstić information content (AvgIpc) is 1.90. The lowest BCUT2D eigenvalue weighted by Gasteiger charge is -2.22. The van der Waals surface area contributed by atoms with Crippen LogP contribution >= 0.6 is 0 Å². The molecule has 1 aliphatic rings. The number of hydrogen-bond donors (Lipinski definition) is 1. The second-order valence-electron chi connectivity index (χ2n) is 3.38. The summed E-state index contributed by atoms with van der Waals surface area (Å²) in [6.45, 7) is 2.25. The Morgan fingerprint density at radius 3 is 2.00 bits per heavy atom. The molecule has 10 heavy (non-hydrogen) atoms. The van der Waals surface area contributed by atoms with Gasteiger partial charge in [-0.1, -0.05) is 19.3 Å².